The maximum absolute atomic E-state index is 11.1. The molecule has 0 aliphatic heterocycles. The molecule has 0 amide bonds. The molecule has 0 saturated heterocycles. The van der Waals surface area contributed by atoms with Gasteiger partial charge in [0.2, 0.25) is 0 Å². The van der Waals surface area contributed by atoms with E-state index in [-0.39, 0.29) is 43.4 Å². The zero-order chi connectivity index (χ0) is 29.7. The SMILES string of the molecule is CCCCCCCCCCCCCCCC/C=C/CCCCCC[N+](CCC(=O)[O-])(CCC(=O)O)CCC(=O)O. The Kier molecular flexibility index (Phi) is 26.0. The minimum atomic E-state index is -1.19. The lowest BCUT2D eigenvalue weighted by Crippen LogP contribution is -2.53. The Morgan fingerprint density at radius 3 is 1.25 bits per heavy atom. The van der Waals surface area contributed by atoms with Crippen LogP contribution in [0.2, 0.25) is 0 Å². The Labute approximate surface area is 245 Å². The van der Waals surface area contributed by atoms with Gasteiger partial charge in [-0.3, -0.25) is 9.59 Å². The first-order chi connectivity index (χ1) is 19.3. The van der Waals surface area contributed by atoms with E-state index in [0.29, 0.717) is 6.54 Å². The molecule has 0 atom stereocenters. The van der Waals surface area contributed by atoms with Crippen LogP contribution in [0.5, 0.6) is 0 Å². The number of allylic oxidation sites excluding steroid dienone is 2. The second-order valence-corrected chi connectivity index (χ2v) is 11.7. The van der Waals surface area contributed by atoms with Gasteiger partial charge < -0.3 is 24.6 Å². The summed E-state index contributed by atoms with van der Waals surface area (Å²) in [6.45, 7) is 3.58. The van der Waals surface area contributed by atoms with Crippen LogP contribution in [-0.4, -0.2) is 58.8 Å². The van der Waals surface area contributed by atoms with Crippen molar-refractivity contribution >= 4 is 17.9 Å². The van der Waals surface area contributed by atoms with Gasteiger partial charge in [0.15, 0.2) is 0 Å². The number of nitrogens with zero attached hydrogens (tertiary/aromatic N) is 1. The molecule has 0 aliphatic carbocycles. The van der Waals surface area contributed by atoms with Crippen molar-refractivity contribution in [2.45, 2.75) is 155 Å². The van der Waals surface area contributed by atoms with E-state index in [4.69, 9.17) is 10.2 Å². The van der Waals surface area contributed by atoms with Crippen LogP contribution in [0.4, 0.5) is 0 Å². The molecule has 0 saturated carbocycles. The van der Waals surface area contributed by atoms with E-state index in [1.54, 1.807) is 0 Å². The predicted molar refractivity (Wildman–Crippen MR) is 161 cm³/mol. The third-order valence-electron chi connectivity index (χ3n) is 8.03. The van der Waals surface area contributed by atoms with E-state index in [0.717, 1.165) is 38.5 Å². The second-order valence-electron chi connectivity index (χ2n) is 11.7. The van der Waals surface area contributed by atoms with Gasteiger partial charge in [0, 0.05) is 12.4 Å². The standard InChI is InChI=1S/C33H61NO6/c1-2-3-4-5-6-7-8-9-10-11-12-13-14-15-16-17-18-19-20-21-22-23-27-34(28-24-31(35)36,29-25-32(37)38)30-26-33(39)40/h17-18H,2-16,19-30H2,1H3,(H2-,35,36,37,38,39,40)/b18-17+. The molecular formula is C33H61NO6. The third kappa shape index (κ3) is 26.3. The summed E-state index contributed by atoms with van der Waals surface area (Å²) in [6.07, 6.45) is 29.7. The molecule has 0 radical (unpaired) electrons. The molecule has 2 N–H and O–H groups in total. The first kappa shape index (κ1) is 38.1. The van der Waals surface area contributed by atoms with Crippen LogP contribution in [0.15, 0.2) is 12.2 Å². The Hall–Kier alpha value is -1.89. The van der Waals surface area contributed by atoms with Crippen molar-refractivity contribution in [2.75, 3.05) is 26.2 Å². The minimum Gasteiger partial charge on any atom is -0.550 e. The van der Waals surface area contributed by atoms with Gasteiger partial charge in [-0.1, -0.05) is 109 Å². The lowest BCUT2D eigenvalue weighted by Gasteiger charge is -2.38. The summed E-state index contributed by atoms with van der Waals surface area (Å²) in [5.74, 6) is -3.09. The summed E-state index contributed by atoms with van der Waals surface area (Å²) < 4.78 is 0.214. The molecule has 7 heteroatoms. The maximum atomic E-state index is 11.1. The van der Waals surface area contributed by atoms with Gasteiger partial charge in [0.25, 0.3) is 0 Å². The monoisotopic (exact) mass is 567 g/mol. The number of rotatable bonds is 31. The van der Waals surface area contributed by atoms with Crippen LogP contribution in [0, 0.1) is 0 Å². The smallest absolute Gasteiger partial charge is 0.309 e. The van der Waals surface area contributed by atoms with E-state index in [9.17, 15) is 19.5 Å². The lowest BCUT2D eigenvalue weighted by atomic mass is 10.0. The Bertz CT molecular complexity index is 618. The van der Waals surface area contributed by atoms with Gasteiger partial charge in [-0.05, 0) is 38.5 Å². The molecule has 0 spiro atoms. The topological polar surface area (TPSA) is 115 Å². The molecule has 0 aromatic carbocycles. The minimum absolute atomic E-state index is 0.100. The van der Waals surface area contributed by atoms with Crippen molar-refractivity contribution < 1.29 is 34.2 Å². The summed E-state index contributed by atoms with van der Waals surface area (Å²) in [6, 6.07) is 0. The molecule has 0 aliphatic rings. The molecule has 7 nitrogen and oxygen atoms in total. The molecule has 0 unspecified atom stereocenters. The lowest BCUT2D eigenvalue weighted by molar-refractivity contribution is -0.927. The number of carbonyl (C=O) groups excluding carboxylic acids is 1. The fraction of sp³-hybridized carbons (Fsp3) is 0.848. The van der Waals surface area contributed by atoms with Crippen molar-refractivity contribution in [3.8, 4) is 0 Å². The number of aliphatic carboxylic acids is 3. The van der Waals surface area contributed by atoms with Gasteiger partial charge in [0.05, 0.1) is 39.0 Å². The number of unbranched alkanes of at least 4 members (excludes halogenated alkanes) is 18. The normalized spacial score (nSPS) is 11.8. The summed E-state index contributed by atoms with van der Waals surface area (Å²) in [5, 5.41) is 29.3. The zero-order valence-electron chi connectivity index (χ0n) is 25.7. The van der Waals surface area contributed by atoms with Gasteiger partial charge in [-0.15, -0.1) is 0 Å². The second kappa shape index (κ2) is 27.3. The number of carbonyl (C=O) groups is 3. The van der Waals surface area contributed by atoms with Gasteiger partial charge >= 0.3 is 11.9 Å². The van der Waals surface area contributed by atoms with Crippen molar-refractivity contribution in [1.82, 2.24) is 0 Å². The molecule has 0 rings (SSSR count). The maximum Gasteiger partial charge on any atom is 0.309 e. The first-order valence-electron chi connectivity index (χ1n) is 16.4. The van der Waals surface area contributed by atoms with Crippen LogP contribution in [-0.2, 0) is 14.4 Å². The molecule has 40 heavy (non-hydrogen) atoms. The number of quaternary nitrogens is 1. The van der Waals surface area contributed by atoms with Gasteiger partial charge in [-0.25, -0.2) is 0 Å². The average Bonchev–Trinajstić information content (AvgIpc) is 2.92. The van der Waals surface area contributed by atoms with Crippen LogP contribution >= 0.6 is 0 Å². The highest BCUT2D eigenvalue weighted by atomic mass is 16.4. The van der Waals surface area contributed by atoms with Crippen molar-refractivity contribution in [3.63, 3.8) is 0 Å². The molecule has 0 aromatic rings. The molecule has 0 fully saturated rings. The fourth-order valence-corrected chi connectivity index (χ4v) is 5.42. The quantitative estimate of drug-likeness (QED) is 0.0517. The summed E-state index contributed by atoms with van der Waals surface area (Å²) >= 11 is 0. The number of hydrogen-bond acceptors (Lipinski definition) is 4. The molecule has 0 bridgehead atoms. The molecular weight excluding hydrogens is 506 g/mol. The van der Waals surface area contributed by atoms with Crippen LogP contribution in [0.25, 0.3) is 0 Å². The fourth-order valence-electron chi connectivity index (χ4n) is 5.42. The highest BCUT2D eigenvalue weighted by Gasteiger charge is 2.28. The zero-order valence-corrected chi connectivity index (χ0v) is 25.7. The van der Waals surface area contributed by atoms with Crippen LogP contribution < -0.4 is 5.11 Å². The van der Waals surface area contributed by atoms with E-state index in [1.165, 1.54) is 89.9 Å². The largest absolute Gasteiger partial charge is 0.550 e. The third-order valence-corrected chi connectivity index (χ3v) is 8.03. The summed E-state index contributed by atoms with van der Waals surface area (Å²) in [7, 11) is 0. The molecule has 234 valence electrons. The van der Waals surface area contributed by atoms with Gasteiger partial charge in [0.1, 0.15) is 0 Å². The number of carboxylic acid groups (broad SMARTS) is 3. The van der Waals surface area contributed by atoms with Crippen LogP contribution in [0.1, 0.15) is 155 Å². The van der Waals surface area contributed by atoms with Crippen molar-refractivity contribution in [1.29, 1.82) is 0 Å². The average molecular weight is 568 g/mol. The highest BCUT2D eigenvalue weighted by Crippen LogP contribution is 2.17. The Morgan fingerprint density at radius 2 is 0.875 bits per heavy atom. The Balaban J connectivity index is 3.87. The van der Waals surface area contributed by atoms with Gasteiger partial charge in [-0.2, -0.15) is 0 Å². The highest BCUT2D eigenvalue weighted by molar-refractivity contribution is 5.67. The van der Waals surface area contributed by atoms with E-state index < -0.39 is 17.9 Å². The Morgan fingerprint density at radius 1 is 0.525 bits per heavy atom. The first-order valence-corrected chi connectivity index (χ1v) is 16.4. The number of hydrogen-bond donors (Lipinski definition) is 2. The molecule has 0 aromatic heterocycles. The van der Waals surface area contributed by atoms with E-state index in [2.05, 4.69) is 19.1 Å². The number of carboxylic acids is 3. The molecule has 0 heterocycles. The van der Waals surface area contributed by atoms with E-state index >= 15 is 0 Å². The van der Waals surface area contributed by atoms with Crippen molar-refractivity contribution in [2.24, 2.45) is 0 Å². The summed E-state index contributed by atoms with van der Waals surface area (Å²) in [5.41, 5.74) is 0. The predicted octanol–water partition coefficient (Wildman–Crippen LogP) is 7.27. The van der Waals surface area contributed by atoms with E-state index in [1.807, 2.05) is 0 Å². The van der Waals surface area contributed by atoms with Crippen LogP contribution in [0.3, 0.4) is 0 Å². The summed E-state index contributed by atoms with van der Waals surface area (Å²) in [4.78, 5) is 33.3. The van der Waals surface area contributed by atoms with Crippen molar-refractivity contribution in [3.05, 3.63) is 12.2 Å².